The minimum absolute atomic E-state index is 0.243. The Morgan fingerprint density at radius 2 is 2.08 bits per heavy atom. The van der Waals surface area contributed by atoms with Gasteiger partial charge in [0, 0.05) is 12.5 Å². The molecule has 0 aromatic carbocycles. The molecule has 70 valence electrons. The zero-order valence-electron chi connectivity index (χ0n) is 6.49. The number of nitrogens with two attached hydrogens (primary N) is 1. The molecular formula is C7H11F3N2. The maximum absolute atomic E-state index is 11.8. The fourth-order valence-corrected chi connectivity index (χ4v) is 0.781. The molecule has 0 spiro atoms. The maximum atomic E-state index is 11.8. The zero-order chi connectivity index (χ0) is 9.61. The molecule has 0 aliphatic heterocycles. The van der Waals surface area contributed by atoms with Crippen molar-refractivity contribution in [3.63, 3.8) is 0 Å². The highest BCUT2D eigenvalue weighted by molar-refractivity contribution is 4.85. The van der Waals surface area contributed by atoms with Gasteiger partial charge in [-0.2, -0.15) is 13.2 Å². The van der Waals surface area contributed by atoms with Gasteiger partial charge in [-0.05, 0) is 6.42 Å². The molecule has 1 atom stereocenters. The van der Waals surface area contributed by atoms with E-state index in [-0.39, 0.29) is 6.42 Å². The first-order valence-corrected chi connectivity index (χ1v) is 3.46. The van der Waals surface area contributed by atoms with Crippen molar-refractivity contribution in [1.29, 1.82) is 0 Å². The van der Waals surface area contributed by atoms with E-state index >= 15 is 0 Å². The number of halogens is 3. The van der Waals surface area contributed by atoms with Crippen LogP contribution >= 0.6 is 0 Å². The number of hydrazine groups is 1. The summed E-state index contributed by atoms with van der Waals surface area (Å²) in [5.41, 5.74) is 2.08. The second-order valence-corrected chi connectivity index (χ2v) is 2.43. The van der Waals surface area contributed by atoms with Crippen molar-refractivity contribution in [1.82, 2.24) is 5.43 Å². The lowest BCUT2D eigenvalue weighted by Gasteiger charge is -2.16. The predicted octanol–water partition coefficient (Wildman–Crippen LogP) is 1.18. The van der Waals surface area contributed by atoms with Crippen molar-refractivity contribution >= 4 is 0 Å². The van der Waals surface area contributed by atoms with Gasteiger partial charge >= 0.3 is 6.18 Å². The Morgan fingerprint density at radius 3 is 2.42 bits per heavy atom. The van der Waals surface area contributed by atoms with Crippen LogP contribution in [0.25, 0.3) is 0 Å². The van der Waals surface area contributed by atoms with Crippen molar-refractivity contribution in [3.8, 4) is 12.3 Å². The third-order valence-electron chi connectivity index (χ3n) is 1.35. The van der Waals surface area contributed by atoms with Crippen LogP contribution in [0.5, 0.6) is 0 Å². The van der Waals surface area contributed by atoms with Gasteiger partial charge in [0.2, 0.25) is 0 Å². The first kappa shape index (κ1) is 11.3. The van der Waals surface area contributed by atoms with Gasteiger partial charge in [-0.15, -0.1) is 12.3 Å². The topological polar surface area (TPSA) is 38.0 Å². The molecule has 2 nitrogen and oxygen atoms in total. The summed E-state index contributed by atoms with van der Waals surface area (Å²) in [5.74, 6) is 7.16. The lowest BCUT2D eigenvalue weighted by atomic mass is 10.1. The highest BCUT2D eigenvalue weighted by Gasteiger charge is 2.30. The second kappa shape index (κ2) is 5.01. The SMILES string of the molecule is C#CCCC(CC(F)(F)F)NN. The zero-order valence-corrected chi connectivity index (χ0v) is 6.49. The Balaban J connectivity index is 3.77. The third kappa shape index (κ3) is 6.01. The molecular weight excluding hydrogens is 169 g/mol. The lowest BCUT2D eigenvalue weighted by molar-refractivity contribution is -0.140. The van der Waals surface area contributed by atoms with E-state index in [0.717, 1.165) is 0 Å². The molecule has 0 heterocycles. The molecule has 0 aromatic rings. The largest absolute Gasteiger partial charge is 0.390 e. The van der Waals surface area contributed by atoms with Gasteiger partial charge < -0.3 is 0 Å². The number of alkyl halides is 3. The predicted molar refractivity (Wildman–Crippen MR) is 39.9 cm³/mol. The Bertz CT molecular complexity index is 159. The summed E-state index contributed by atoms with van der Waals surface area (Å²) in [4.78, 5) is 0. The highest BCUT2D eigenvalue weighted by Crippen LogP contribution is 2.22. The molecule has 0 fully saturated rings. The van der Waals surface area contributed by atoms with Gasteiger partial charge in [-0.25, -0.2) is 0 Å². The highest BCUT2D eigenvalue weighted by atomic mass is 19.4. The molecule has 0 bridgehead atoms. The smallest absolute Gasteiger partial charge is 0.271 e. The van der Waals surface area contributed by atoms with Crippen LogP contribution in [0, 0.1) is 12.3 Å². The molecule has 1 unspecified atom stereocenters. The third-order valence-corrected chi connectivity index (χ3v) is 1.35. The summed E-state index contributed by atoms with van der Waals surface area (Å²) >= 11 is 0. The van der Waals surface area contributed by atoms with Crippen LogP contribution in [0.4, 0.5) is 13.2 Å². The van der Waals surface area contributed by atoms with Crippen molar-refractivity contribution in [2.75, 3.05) is 0 Å². The van der Waals surface area contributed by atoms with Gasteiger partial charge in [0.05, 0.1) is 6.42 Å². The number of terminal acetylenes is 1. The lowest BCUT2D eigenvalue weighted by Crippen LogP contribution is -2.38. The normalized spacial score (nSPS) is 13.9. The van der Waals surface area contributed by atoms with Crippen molar-refractivity contribution < 1.29 is 13.2 Å². The van der Waals surface area contributed by atoms with E-state index in [4.69, 9.17) is 12.3 Å². The van der Waals surface area contributed by atoms with Gasteiger partial charge in [-0.1, -0.05) is 0 Å². The maximum Gasteiger partial charge on any atom is 0.390 e. The van der Waals surface area contributed by atoms with E-state index < -0.39 is 18.6 Å². The first-order chi connectivity index (χ1) is 5.49. The Hall–Kier alpha value is -0.730. The average Bonchev–Trinajstić information content (AvgIpc) is 1.95. The van der Waals surface area contributed by atoms with Crippen molar-refractivity contribution in [3.05, 3.63) is 0 Å². The number of rotatable bonds is 4. The summed E-state index contributed by atoms with van der Waals surface area (Å²) < 4.78 is 35.3. The summed E-state index contributed by atoms with van der Waals surface area (Å²) in [6, 6.07) is -0.777. The standard InChI is InChI=1S/C7H11F3N2/c1-2-3-4-6(12-11)5-7(8,9)10/h1,6,12H,3-5,11H2. The second-order valence-electron chi connectivity index (χ2n) is 2.43. The molecule has 0 aromatic heterocycles. The fraction of sp³-hybridized carbons (Fsp3) is 0.714. The summed E-state index contributed by atoms with van der Waals surface area (Å²) in [6.07, 6.45) is 0.306. The van der Waals surface area contributed by atoms with Crippen molar-refractivity contribution in [2.24, 2.45) is 5.84 Å². The molecule has 0 radical (unpaired) electrons. The van der Waals surface area contributed by atoms with E-state index in [2.05, 4.69) is 11.3 Å². The first-order valence-electron chi connectivity index (χ1n) is 3.46. The summed E-state index contributed by atoms with van der Waals surface area (Å²) in [7, 11) is 0. The summed E-state index contributed by atoms with van der Waals surface area (Å²) in [5, 5.41) is 0. The van der Waals surface area contributed by atoms with Crippen LogP contribution < -0.4 is 11.3 Å². The molecule has 0 aliphatic rings. The van der Waals surface area contributed by atoms with Crippen LogP contribution in [0.2, 0.25) is 0 Å². The van der Waals surface area contributed by atoms with Crippen LogP contribution in [0.3, 0.4) is 0 Å². The Kier molecular flexibility index (Phi) is 4.71. The van der Waals surface area contributed by atoms with E-state index in [1.54, 1.807) is 0 Å². The number of hydrogen-bond donors (Lipinski definition) is 2. The van der Waals surface area contributed by atoms with Gasteiger partial charge in [0.15, 0.2) is 0 Å². The monoisotopic (exact) mass is 180 g/mol. The molecule has 5 heteroatoms. The molecule has 0 saturated heterocycles. The van der Waals surface area contributed by atoms with Gasteiger partial charge in [0.25, 0.3) is 0 Å². The van der Waals surface area contributed by atoms with Crippen LogP contribution in [0.1, 0.15) is 19.3 Å². The fourth-order valence-electron chi connectivity index (χ4n) is 0.781. The van der Waals surface area contributed by atoms with E-state index in [0.29, 0.717) is 6.42 Å². The minimum atomic E-state index is -4.19. The van der Waals surface area contributed by atoms with E-state index in [1.807, 2.05) is 0 Å². The average molecular weight is 180 g/mol. The summed E-state index contributed by atoms with van der Waals surface area (Å²) in [6.45, 7) is 0. The molecule has 0 aliphatic carbocycles. The Morgan fingerprint density at radius 1 is 1.50 bits per heavy atom. The van der Waals surface area contributed by atoms with Crippen molar-refractivity contribution in [2.45, 2.75) is 31.5 Å². The molecule has 0 amide bonds. The molecule has 0 saturated carbocycles. The van der Waals surface area contributed by atoms with Crippen LogP contribution in [-0.4, -0.2) is 12.2 Å². The van der Waals surface area contributed by atoms with E-state index in [9.17, 15) is 13.2 Å². The van der Waals surface area contributed by atoms with Gasteiger partial charge in [-0.3, -0.25) is 11.3 Å². The van der Waals surface area contributed by atoms with Gasteiger partial charge in [0.1, 0.15) is 0 Å². The molecule has 0 rings (SSSR count). The van der Waals surface area contributed by atoms with Crippen LogP contribution in [-0.2, 0) is 0 Å². The quantitative estimate of drug-likeness (QED) is 0.387. The molecule has 12 heavy (non-hydrogen) atoms. The number of hydrogen-bond acceptors (Lipinski definition) is 2. The van der Waals surface area contributed by atoms with E-state index in [1.165, 1.54) is 0 Å². The van der Waals surface area contributed by atoms with Crippen LogP contribution in [0.15, 0.2) is 0 Å². The molecule has 3 N–H and O–H groups in total. The number of nitrogens with one attached hydrogen (secondary N) is 1. The Labute approximate surface area is 69.3 Å². The minimum Gasteiger partial charge on any atom is -0.271 e.